The Bertz CT molecular complexity index is 540. The second kappa shape index (κ2) is 8.13. The molecule has 0 bridgehead atoms. The normalized spacial score (nSPS) is 17.3. The molecule has 1 aromatic rings. The van der Waals surface area contributed by atoms with Crippen molar-refractivity contribution in [3.63, 3.8) is 0 Å². The lowest BCUT2D eigenvalue weighted by Crippen LogP contribution is -2.53. The lowest BCUT2D eigenvalue weighted by atomic mass is 9.80. The van der Waals surface area contributed by atoms with Gasteiger partial charge in [0.05, 0.1) is 18.7 Å². The molecule has 0 atom stereocenters. The molecule has 1 fully saturated rings. The number of carbonyl (C=O) groups is 1. The molecule has 1 saturated carbocycles. The maximum atomic E-state index is 12.3. The van der Waals surface area contributed by atoms with Crippen molar-refractivity contribution in [3.05, 3.63) is 28.8 Å². The minimum Gasteiger partial charge on any atom is -0.495 e. The van der Waals surface area contributed by atoms with Gasteiger partial charge in [-0.2, -0.15) is 0 Å². The molecule has 0 aromatic heterocycles. The smallest absolute Gasteiger partial charge is 0.176 e. The molecule has 0 unspecified atom stereocenters. The Kier molecular flexibility index (Phi) is 6.45. The van der Waals surface area contributed by atoms with Crippen LogP contribution in [0.3, 0.4) is 0 Å². The largest absolute Gasteiger partial charge is 0.495 e. The van der Waals surface area contributed by atoms with E-state index in [-0.39, 0.29) is 11.3 Å². The Morgan fingerprint density at radius 3 is 2.57 bits per heavy atom. The van der Waals surface area contributed by atoms with Crippen molar-refractivity contribution in [2.45, 2.75) is 37.6 Å². The number of nitrogens with one attached hydrogen (secondary N) is 1. The van der Waals surface area contributed by atoms with Gasteiger partial charge in [0.25, 0.3) is 0 Å². The molecule has 0 aliphatic heterocycles. The Balaban J connectivity index is 1.92. The molecule has 128 valence electrons. The highest BCUT2D eigenvalue weighted by Crippen LogP contribution is 2.31. The fraction of sp³-hybridized carbons (Fsp3) is 0.611. The van der Waals surface area contributed by atoms with Crippen LogP contribution >= 0.6 is 11.6 Å². The first-order valence-corrected chi connectivity index (χ1v) is 8.61. The van der Waals surface area contributed by atoms with Gasteiger partial charge < -0.3 is 15.0 Å². The van der Waals surface area contributed by atoms with E-state index in [1.165, 1.54) is 32.1 Å². The lowest BCUT2D eigenvalue weighted by Gasteiger charge is -2.43. The number of hydrogen-bond acceptors (Lipinski definition) is 4. The van der Waals surface area contributed by atoms with E-state index in [0.29, 0.717) is 22.9 Å². The van der Waals surface area contributed by atoms with E-state index < -0.39 is 0 Å². The van der Waals surface area contributed by atoms with E-state index in [1.807, 2.05) is 0 Å². The van der Waals surface area contributed by atoms with Crippen LogP contribution in [0.2, 0.25) is 5.02 Å². The fourth-order valence-electron chi connectivity index (χ4n) is 3.34. The number of halogens is 1. The van der Waals surface area contributed by atoms with E-state index in [4.69, 9.17) is 16.3 Å². The predicted octanol–water partition coefficient (Wildman–Crippen LogP) is 3.39. The lowest BCUT2D eigenvalue weighted by molar-refractivity contribution is 0.0905. The second-order valence-corrected chi connectivity index (χ2v) is 6.96. The van der Waals surface area contributed by atoms with Crippen molar-refractivity contribution < 1.29 is 9.53 Å². The topological polar surface area (TPSA) is 41.6 Å². The quantitative estimate of drug-likeness (QED) is 0.774. The number of ketones is 1. The van der Waals surface area contributed by atoms with Crippen LogP contribution in [-0.2, 0) is 0 Å². The van der Waals surface area contributed by atoms with Crippen LogP contribution in [0.15, 0.2) is 18.2 Å². The minimum atomic E-state index is 0.0549. The molecule has 23 heavy (non-hydrogen) atoms. The first-order valence-electron chi connectivity index (χ1n) is 8.23. The third-order valence-corrected chi connectivity index (χ3v) is 5.24. The molecule has 0 spiro atoms. The van der Waals surface area contributed by atoms with Crippen molar-refractivity contribution in [1.82, 2.24) is 10.2 Å². The molecule has 0 heterocycles. The Morgan fingerprint density at radius 1 is 1.30 bits per heavy atom. The first kappa shape index (κ1) is 18.2. The van der Waals surface area contributed by atoms with Crippen LogP contribution in [0.4, 0.5) is 0 Å². The number of benzene rings is 1. The maximum absolute atomic E-state index is 12.3. The summed E-state index contributed by atoms with van der Waals surface area (Å²) in [5.74, 6) is 0.643. The van der Waals surface area contributed by atoms with E-state index in [9.17, 15) is 4.79 Å². The number of carbonyl (C=O) groups excluding carboxylic acids is 1. The summed E-state index contributed by atoms with van der Waals surface area (Å²) in [7, 11) is 5.84. The van der Waals surface area contributed by atoms with Gasteiger partial charge in [-0.25, -0.2) is 0 Å². The number of methoxy groups -OCH3 is 1. The van der Waals surface area contributed by atoms with Crippen LogP contribution in [0, 0.1) is 0 Å². The third kappa shape index (κ3) is 4.46. The summed E-state index contributed by atoms with van der Waals surface area (Å²) in [5, 5.41) is 3.83. The molecule has 5 heteroatoms. The van der Waals surface area contributed by atoms with E-state index in [0.717, 1.165) is 6.54 Å². The van der Waals surface area contributed by atoms with Gasteiger partial charge in [0.2, 0.25) is 0 Å². The van der Waals surface area contributed by atoms with Gasteiger partial charge >= 0.3 is 0 Å². The van der Waals surface area contributed by atoms with Gasteiger partial charge in [-0.3, -0.25) is 4.79 Å². The van der Waals surface area contributed by atoms with Gasteiger partial charge in [0, 0.05) is 17.6 Å². The number of nitrogens with zero attached hydrogens (tertiary/aromatic N) is 1. The van der Waals surface area contributed by atoms with Gasteiger partial charge in [-0.05, 0) is 45.1 Å². The van der Waals surface area contributed by atoms with Crippen LogP contribution in [0.1, 0.15) is 42.5 Å². The highest BCUT2D eigenvalue weighted by atomic mass is 35.5. The number of ether oxygens (including phenoxy) is 1. The van der Waals surface area contributed by atoms with Gasteiger partial charge in [0.1, 0.15) is 5.75 Å². The standard InChI is InChI=1S/C18H27ClN2O2/c1-21(2)18(9-5-4-6-10-18)13-20-12-16(22)14-7-8-17(23-3)15(19)11-14/h7-8,11,20H,4-6,9-10,12-13H2,1-3H3. The molecule has 1 aliphatic rings. The highest BCUT2D eigenvalue weighted by Gasteiger charge is 2.33. The molecule has 1 aliphatic carbocycles. The summed E-state index contributed by atoms with van der Waals surface area (Å²) in [6, 6.07) is 5.17. The number of rotatable bonds is 7. The molecule has 0 radical (unpaired) electrons. The fourth-order valence-corrected chi connectivity index (χ4v) is 3.60. The highest BCUT2D eigenvalue weighted by molar-refractivity contribution is 6.32. The zero-order valence-corrected chi connectivity index (χ0v) is 15.1. The molecule has 1 aromatic carbocycles. The number of hydrogen-bond donors (Lipinski definition) is 1. The summed E-state index contributed by atoms with van der Waals surface area (Å²) < 4.78 is 5.12. The molecule has 0 saturated heterocycles. The van der Waals surface area contributed by atoms with Gasteiger partial charge in [0.15, 0.2) is 5.78 Å². The predicted molar refractivity (Wildman–Crippen MR) is 94.7 cm³/mol. The molecule has 0 amide bonds. The Hall–Kier alpha value is -1.10. The van der Waals surface area contributed by atoms with Crippen molar-refractivity contribution in [3.8, 4) is 5.75 Å². The molecule has 1 N–H and O–H groups in total. The van der Waals surface area contributed by atoms with E-state index >= 15 is 0 Å². The molecule has 4 nitrogen and oxygen atoms in total. The van der Waals surface area contributed by atoms with Gasteiger partial charge in [-0.1, -0.05) is 30.9 Å². The van der Waals surface area contributed by atoms with Crippen molar-refractivity contribution in [1.29, 1.82) is 0 Å². The summed E-state index contributed by atoms with van der Waals surface area (Å²) in [5.41, 5.74) is 0.793. The number of Topliss-reactive ketones (excluding diaryl/α,β-unsaturated/α-hetero) is 1. The van der Waals surface area contributed by atoms with Crippen molar-refractivity contribution >= 4 is 17.4 Å². The zero-order valence-electron chi connectivity index (χ0n) is 14.3. The second-order valence-electron chi connectivity index (χ2n) is 6.56. The average molecular weight is 339 g/mol. The summed E-state index contributed by atoms with van der Waals surface area (Å²) in [6.07, 6.45) is 6.23. The van der Waals surface area contributed by atoms with Gasteiger partial charge in [-0.15, -0.1) is 0 Å². The van der Waals surface area contributed by atoms with Crippen molar-refractivity contribution in [2.24, 2.45) is 0 Å². The van der Waals surface area contributed by atoms with E-state index in [1.54, 1.807) is 25.3 Å². The SMILES string of the molecule is COc1ccc(C(=O)CNCC2(N(C)C)CCCCC2)cc1Cl. The van der Waals surface area contributed by atoms with Crippen LogP contribution < -0.4 is 10.1 Å². The summed E-state index contributed by atoms with van der Waals surface area (Å²) in [4.78, 5) is 14.7. The molecular formula is C18H27ClN2O2. The molecule has 2 rings (SSSR count). The average Bonchev–Trinajstić information content (AvgIpc) is 2.55. The van der Waals surface area contributed by atoms with E-state index in [2.05, 4.69) is 24.3 Å². The minimum absolute atomic E-state index is 0.0549. The zero-order chi connectivity index (χ0) is 16.9. The maximum Gasteiger partial charge on any atom is 0.176 e. The number of likely N-dealkylation sites (N-methyl/N-ethyl adjacent to an activating group) is 1. The van der Waals surface area contributed by atoms with Crippen molar-refractivity contribution in [2.75, 3.05) is 34.3 Å². The molecular weight excluding hydrogens is 312 g/mol. The Labute approximate surface area is 144 Å². The van der Waals surface area contributed by atoms with Crippen LogP contribution in [0.25, 0.3) is 0 Å². The van der Waals surface area contributed by atoms with Crippen LogP contribution in [0.5, 0.6) is 5.75 Å². The third-order valence-electron chi connectivity index (χ3n) is 4.95. The monoisotopic (exact) mass is 338 g/mol. The summed E-state index contributed by atoms with van der Waals surface area (Å²) in [6.45, 7) is 1.17. The first-order chi connectivity index (χ1) is 11.0. The Morgan fingerprint density at radius 2 is 2.00 bits per heavy atom. The summed E-state index contributed by atoms with van der Waals surface area (Å²) >= 11 is 6.09. The van der Waals surface area contributed by atoms with Crippen LogP contribution in [-0.4, -0.2) is 50.5 Å².